The van der Waals surface area contributed by atoms with Crippen molar-refractivity contribution in [2.45, 2.75) is 38.2 Å². The first-order valence-electron chi connectivity index (χ1n) is 9.93. The van der Waals surface area contributed by atoms with Crippen LogP contribution < -0.4 is 11.1 Å². The van der Waals surface area contributed by atoms with E-state index in [1.807, 2.05) is 0 Å². The quantitative estimate of drug-likeness (QED) is 0.325. The van der Waals surface area contributed by atoms with E-state index >= 15 is 0 Å². The molecule has 1 rings (SSSR count). The number of ether oxygens (including phenoxy) is 5. The summed E-state index contributed by atoms with van der Waals surface area (Å²) in [5.41, 5.74) is 5.30. The van der Waals surface area contributed by atoms with Crippen LogP contribution in [0.5, 0.6) is 0 Å². The van der Waals surface area contributed by atoms with Gasteiger partial charge in [0.1, 0.15) is 6.10 Å². The van der Waals surface area contributed by atoms with Crippen LogP contribution in [0.15, 0.2) is 12.2 Å². The molecule has 0 saturated carbocycles. The van der Waals surface area contributed by atoms with Gasteiger partial charge in [-0.1, -0.05) is 12.2 Å². The number of nitrogens with one attached hydrogen (secondary N) is 1. The molecule has 8 nitrogen and oxygen atoms in total. The van der Waals surface area contributed by atoms with E-state index < -0.39 is 0 Å². The van der Waals surface area contributed by atoms with Gasteiger partial charge in [0.2, 0.25) is 0 Å². The molecule has 0 heterocycles. The monoisotopic (exact) mass is 388 g/mol. The van der Waals surface area contributed by atoms with Crippen LogP contribution in [0.2, 0.25) is 0 Å². The molecule has 158 valence electrons. The minimum atomic E-state index is -0.364. The van der Waals surface area contributed by atoms with Crippen LogP contribution >= 0.6 is 0 Å². The van der Waals surface area contributed by atoms with Crippen molar-refractivity contribution in [1.29, 1.82) is 0 Å². The van der Waals surface area contributed by atoms with E-state index in [1.165, 1.54) is 0 Å². The Bertz CT molecular complexity index is 381. The fourth-order valence-corrected chi connectivity index (χ4v) is 2.51. The summed E-state index contributed by atoms with van der Waals surface area (Å²) in [6, 6.07) is 0. The van der Waals surface area contributed by atoms with Crippen molar-refractivity contribution in [3.63, 3.8) is 0 Å². The van der Waals surface area contributed by atoms with Crippen LogP contribution in [0.3, 0.4) is 0 Å². The molecule has 27 heavy (non-hydrogen) atoms. The van der Waals surface area contributed by atoms with Crippen LogP contribution in [0.1, 0.15) is 32.1 Å². The molecular formula is C19H36N2O6. The number of amides is 1. The summed E-state index contributed by atoms with van der Waals surface area (Å²) in [4.78, 5) is 11.8. The molecule has 0 saturated heterocycles. The zero-order chi connectivity index (χ0) is 19.4. The smallest absolute Gasteiger partial charge is 0.407 e. The lowest BCUT2D eigenvalue weighted by Crippen LogP contribution is -2.31. The third kappa shape index (κ3) is 15.6. The summed E-state index contributed by atoms with van der Waals surface area (Å²) in [6.07, 6.45) is 8.91. The highest BCUT2D eigenvalue weighted by molar-refractivity contribution is 5.67. The summed E-state index contributed by atoms with van der Waals surface area (Å²) in [5, 5.41) is 2.72. The Morgan fingerprint density at radius 1 is 0.852 bits per heavy atom. The van der Waals surface area contributed by atoms with Gasteiger partial charge in [0, 0.05) is 13.1 Å². The number of alkyl carbamates (subject to hydrolysis) is 1. The molecule has 1 aliphatic rings. The Kier molecular flexibility index (Phi) is 16.1. The van der Waals surface area contributed by atoms with Gasteiger partial charge < -0.3 is 34.7 Å². The summed E-state index contributed by atoms with van der Waals surface area (Å²) < 4.78 is 26.8. The van der Waals surface area contributed by atoms with Crippen molar-refractivity contribution in [2.75, 3.05) is 65.9 Å². The lowest BCUT2D eigenvalue weighted by molar-refractivity contribution is -0.000779. The summed E-state index contributed by atoms with van der Waals surface area (Å²) in [5.74, 6) is 0. The summed E-state index contributed by atoms with van der Waals surface area (Å²) in [6.45, 7) is 5.04. The van der Waals surface area contributed by atoms with E-state index in [1.54, 1.807) is 0 Å². The van der Waals surface area contributed by atoms with Crippen molar-refractivity contribution in [1.82, 2.24) is 5.32 Å². The van der Waals surface area contributed by atoms with Crippen LogP contribution in [0, 0.1) is 0 Å². The van der Waals surface area contributed by atoms with Crippen LogP contribution in [-0.4, -0.2) is 78.1 Å². The van der Waals surface area contributed by atoms with Crippen LogP contribution in [0.25, 0.3) is 0 Å². The topological polar surface area (TPSA) is 101 Å². The van der Waals surface area contributed by atoms with Gasteiger partial charge in [0.05, 0.1) is 52.9 Å². The molecule has 3 N–H and O–H groups in total. The van der Waals surface area contributed by atoms with Gasteiger partial charge in [-0.25, -0.2) is 4.79 Å². The molecule has 1 amide bonds. The third-order valence-corrected chi connectivity index (χ3v) is 3.89. The minimum Gasteiger partial charge on any atom is -0.446 e. The maximum atomic E-state index is 11.8. The number of carbonyl (C=O) groups is 1. The van der Waals surface area contributed by atoms with Gasteiger partial charge in [-0.2, -0.15) is 0 Å². The van der Waals surface area contributed by atoms with Gasteiger partial charge in [0.15, 0.2) is 0 Å². The summed E-state index contributed by atoms with van der Waals surface area (Å²) >= 11 is 0. The standard InChI is InChI=1S/C19H36N2O6/c20-8-10-23-12-14-25-16-17-26-15-13-24-11-9-21-19(22)27-18-6-4-2-1-3-5-7-18/h1-2,18H,3-17,20H2,(H,21,22)/b2-1-. The molecule has 1 aliphatic carbocycles. The van der Waals surface area contributed by atoms with Gasteiger partial charge in [-0.05, 0) is 32.1 Å². The highest BCUT2D eigenvalue weighted by Crippen LogP contribution is 2.15. The van der Waals surface area contributed by atoms with Crippen molar-refractivity contribution < 1.29 is 28.5 Å². The molecule has 0 fully saturated rings. The van der Waals surface area contributed by atoms with Crippen molar-refractivity contribution in [3.05, 3.63) is 12.2 Å². The second kappa shape index (κ2) is 18.2. The number of rotatable bonds is 15. The second-order valence-corrected chi connectivity index (χ2v) is 6.17. The molecule has 0 radical (unpaired) electrons. The third-order valence-electron chi connectivity index (χ3n) is 3.89. The van der Waals surface area contributed by atoms with Gasteiger partial charge in [-0.3, -0.25) is 0 Å². The molecule has 1 atom stereocenters. The van der Waals surface area contributed by atoms with E-state index in [0.29, 0.717) is 65.9 Å². The number of allylic oxidation sites excluding steroid dienone is 2. The van der Waals surface area contributed by atoms with E-state index in [9.17, 15) is 4.79 Å². The highest BCUT2D eigenvalue weighted by Gasteiger charge is 2.14. The largest absolute Gasteiger partial charge is 0.446 e. The Morgan fingerprint density at radius 3 is 2.11 bits per heavy atom. The predicted molar refractivity (Wildman–Crippen MR) is 103 cm³/mol. The first-order chi connectivity index (χ1) is 13.3. The average Bonchev–Trinajstić information content (AvgIpc) is 2.64. The number of hydrogen-bond acceptors (Lipinski definition) is 7. The molecule has 0 aromatic rings. The zero-order valence-corrected chi connectivity index (χ0v) is 16.4. The van der Waals surface area contributed by atoms with Crippen molar-refractivity contribution in [2.24, 2.45) is 5.73 Å². The average molecular weight is 389 g/mol. The maximum absolute atomic E-state index is 11.8. The fraction of sp³-hybridized carbons (Fsp3) is 0.842. The normalized spacial score (nSPS) is 18.5. The Labute approximate surface area is 162 Å². The SMILES string of the molecule is NCCOCCOCCOCCOCCNC(=O)OC1CC/C=C\CCC1. The van der Waals surface area contributed by atoms with Crippen LogP contribution in [0.4, 0.5) is 4.79 Å². The first-order valence-corrected chi connectivity index (χ1v) is 9.93. The Balaban J connectivity index is 1.81. The number of hydrogen-bond donors (Lipinski definition) is 2. The van der Waals surface area contributed by atoms with Crippen LogP contribution in [-0.2, 0) is 23.7 Å². The second-order valence-electron chi connectivity index (χ2n) is 6.17. The molecule has 0 aliphatic heterocycles. The fourth-order valence-electron chi connectivity index (χ4n) is 2.51. The lowest BCUT2D eigenvalue weighted by Gasteiger charge is -2.18. The van der Waals surface area contributed by atoms with Gasteiger partial charge >= 0.3 is 6.09 Å². The van der Waals surface area contributed by atoms with Gasteiger partial charge in [-0.15, -0.1) is 0 Å². The molecule has 8 heteroatoms. The molecule has 0 aromatic carbocycles. The minimum absolute atomic E-state index is 0.0127. The Morgan fingerprint density at radius 2 is 1.44 bits per heavy atom. The Hall–Kier alpha value is -1.19. The first kappa shape index (κ1) is 23.8. The van der Waals surface area contributed by atoms with Crippen molar-refractivity contribution >= 4 is 6.09 Å². The molecule has 0 spiro atoms. The molecular weight excluding hydrogens is 352 g/mol. The van der Waals surface area contributed by atoms with Gasteiger partial charge in [0.25, 0.3) is 0 Å². The van der Waals surface area contributed by atoms with E-state index in [0.717, 1.165) is 32.1 Å². The van der Waals surface area contributed by atoms with E-state index in [-0.39, 0.29) is 12.2 Å². The number of nitrogens with two attached hydrogens (primary N) is 1. The van der Waals surface area contributed by atoms with E-state index in [2.05, 4.69) is 17.5 Å². The molecule has 0 aromatic heterocycles. The highest BCUT2D eigenvalue weighted by atomic mass is 16.6. The summed E-state index contributed by atoms with van der Waals surface area (Å²) in [7, 11) is 0. The van der Waals surface area contributed by atoms with Crippen molar-refractivity contribution in [3.8, 4) is 0 Å². The zero-order valence-electron chi connectivity index (χ0n) is 16.4. The number of carbonyl (C=O) groups excluding carboxylic acids is 1. The molecule has 1 unspecified atom stereocenters. The lowest BCUT2D eigenvalue weighted by atomic mass is 10.0. The maximum Gasteiger partial charge on any atom is 0.407 e. The molecule has 0 bridgehead atoms. The predicted octanol–water partition coefficient (Wildman–Crippen LogP) is 1.63. The van der Waals surface area contributed by atoms with E-state index in [4.69, 9.17) is 29.4 Å².